The minimum Gasteiger partial charge on any atom is -0.493 e. The first kappa shape index (κ1) is 22.8. The number of hydrogen-bond donors (Lipinski definition) is 1. The third-order valence-electron chi connectivity index (χ3n) is 5.50. The number of primary amides is 1. The molecular weight excluding hydrogens is 362 g/mol. The monoisotopic (exact) mass is 397 g/mol. The van der Waals surface area contributed by atoms with Crippen LogP contribution in [0.5, 0.6) is 11.5 Å². The Bertz CT molecular complexity index is 746. The van der Waals surface area contributed by atoms with Crippen LogP contribution in [0.15, 0.2) is 42.5 Å². The van der Waals surface area contributed by atoms with E-state index < -0.39 is 0 Å². The van der Waals surface area contributed by atoms with Gasteiger partial charge in [0.05, 0.1) is 13.2 Å². The summed E-state index contributed by atoms with van der Waals surface area (Å²) in [7, 11) is 0. The average Bonchev–Trinajstić information content (AvgIpc) is 2.71. The van der Waals surface area contributed by atoms with Crippen LogP contribution in [0.25, 0.3) is 0 Å². The van der Waals surface area contributed by atoms with E-state index in [1.165, 1.54) is 5.56 Å². The van der Waals surface area contributed by atoms with E-state index in [4.69, 9.17) is 15.2 Å². The van der Waals surface area contributed by atoms with E-state index >= 15 is 0 Å². The molecule has 2 unspecified atom stereocenters. The quantitative estimate of drug-likeness (QED) is 0.487. The van der Waals surface area contributed by atoms with Gasteiger partial charge in [0.15, 0.2) is 0 Å². The van der Waals surface area contributed by atoms with Gasteiger partial charge in [-0.3, -0.25) is 4.79 Å². The zero-order chi connectivity index (χ0) is 21.2. The topological polar surface area (TPSA) is 61.5 Å². The SMILES string of the molecule is CCOc1cc(C(C)C(CCCCc2ccccc2)C(N)=O)cc(OCC)c1C. The van der Waals surface area contributed by atoms with Crippen molar-refractivity contribution in [3.63, 3.8) is 0 Å². The smallest absolute Gasteiger partial charge is 0.221 e. The summed E-state index contributed by atoms with van der Waals surface area (Å²) >= 11 is 0. The summed E-state index contributed by atoms with van der Waals surface area (Å²) in [6.07, 6.45) is 3.82. The van der Waals surface area contributed by atoms with Crippen molar-refractivity contribution < 1.29 is 14.3 Å². The van der Waals surface area contributed by atoms with Gasteiger partial charge < -0.3 is 15.2 Å². The molecule has 2 atom stereocenters. The first-order chi connectivity index (χ1) is 14.0. The second-order valence-corrected chi connectivity index (χ2v) is 7.54. The van der Waals surface area contributed by atoms with Crippen molar-refractivity contribution in [2.75, 3.05) is 13.2 Å². The molecule has 0 saturated carbocycles. The van der Waals surface area contributed by atoms with Crippen LogP contribution in [0, 0.1) is 12.8 Å². The predicted molar refractivity (Wildman–Crippen MR) is 119 cm³/mol. The van der Waals surface area contributed by atoms with Gasteiger partial charge in [0, 0.05) is 11.5 Å². The fourth-order valence-corrected chi connectivity index (χ4v) is 3.77. The van der Waals surface area contributed by atoms with Gasteiger partial charge in [0.2, 0.25) is 5.91 Å². The van der Waals surface area contributed by atoms with E-state index in [2.05, 4.69) is 31.2 Å². The molecule has 0 radical (unpaired) electrons. The molecule has 0 saturated heterocycles. The Morgan fingerprint density at radius 1 is 1.00 bits per heavy atom. The largest absolute Gasteiger partial charge is 0.493 e. The number of nitrogens with two attached hydrogens (primary N) is 1. The number of amides is 1. The summed E-state index contributed by atoms with van der Waals surface area (Å²) in [6, 6.07) is 14.5. The number of carbonyl (C=O) groups is 1. The number of hydrogen-bond acceptors (Lipinski definition) is 3. The molecule has 4 nitrogen and oxygen atoms in total. The van der Waals surface area contributed by atoms with Crippen LogP contribution in [0.2, 0.25) is 0 Å². The molecule has 1 amide bonds. The zero-order valence-electron chi connectivity index (χ0n) is 18.2. The van der Waals surface area contributed by atoms with E-state index in [1.54, 1.807) is 0 Å². The van der Waals surface area contributed by atoms with E-state index in [-0.39, 0.29) is 17.7 Å². The van der Waals surface area contributed by atoms with Crippen molar-refractivity contribution in [3.8, 4) is 11.5 Å². The van der Waals surface area contributed by atoms with Crippen molar-refractivity contribution in [1.82, 2.24) is 0 Å². The molecule has 4 heteroatoms. The fourth-order valence-electron chi connectivity index (χ4n) is 3.77. The van der Waals surface area contributed by atoms with Crippen molar-refractivity contribution >= 4 is 5.91 Å². The maximum absolute atomic E-state index is 12.2. The molecule has 0 fully saturated rings. The van der Waals surface area contributed by atoms with Crippen molar-refractivity contribution in [1.29, 1.82) is 0 Å². The van der Waals surface area contributed by atoms with Crippen LogP contribution in [-0.4, -0.2) is 19.1 Å². The summed E-state index contributed by atoms with van der Waals surface area (Å²) in [6.45, 7) is 9.18. The van der Waals surface area contributed by atoms with Crippen LogP contribution in [-0.2, 0) is 11.2 Å². The lowest BCUT2D eigenvalue weighted by molar-refractivity contribution is -0.122. The average molecular weight is 398 g/mol. The molecule has 0 bridgehead atoms. The molecule has 2 aromatic rings. The number of carbonyl (C=O) groups excluding carboxylic acids is 1. The Morgan fingerprint density at radius 2 is 1.59 bits per heavy atom. The normalized spacial score (nSPS) is 13.0. The number of aryl methyl sites for hydroxylation is 1. The summed E-state index contributed by atoms with van der Waals surface area (Å²) < 4.78 is 11.6. The predicted octanol–water partition coefficient (Wildman–Crippen LogP) is 5.41. The van der Waals surface area contributed by atoms with E-state index in [0.717, 1.165) is 48.3 Å². The fraction of sp³-hybridized carbons (Fsp3) is 0.480. The molecule has 0 aromatic heterocycles. The van der Waals surface area contributed by atoms with Crippen LogP contribution in [0.1, 0.15) is 62.6 Å². The van der Waals surface area contributed by atoms with Crippen molar-refractivity contribution in [2.24, 2.45) is 11.7 Å². The lowest BCUT2D eigenvalue weighted by Crippen LogP contribution is -2.28. The molecule has 29 heavy (non-hydrogen) atoms. The highest BCUT2D eigenvalue weighted by atomic mass is 16.5. The summed E-state index contributed by atoms with van der Waals surface area (Å²) in [5, 5.41) is 0. The van der Waals surface area contributed by atoms with Gasteiger partial charge in [-0.25, -0.2) is 0 Å². The third kappa shape index (κ3) is 6.52. The van der Waals surface area contributed by atoms with Crippen LogP contribution < -0.4 is 15.2 Å². The Balaban J connectivity index is 2.10. The van der Waals surface area contributed by atoms with Gasteiger partial charge in [0.1, 0.15) is 11.5 Å². The number of unbranched alkanes of at least 4 members (excludes halogenated alkanes) is 1. The number of benzene rings is 2. The van der Waals surface area contributed by atoms with Gasteiger partial charge in [-0.05, 0) is 69.2 Å². The summed E-state index contributed by atoms with van der Waals surface area (Å²) in [5.41, 5.74) is 9.15. The number of rotatable bonds is 12. The maximum atomic E-state index is 12.2. The Kier molecular flexibility index (Phi) is 9.04. The second kappa shape index (κ2) is 11.5. The molecule has 2 aromatic carbocycles. The van der Waals surface area contributed by atoms with Gasteiger partial charge in [-0.15, -0.1) is 0 Å². The minimum atomic E-state index is -0.242. The molecule has 158 valence electrons. The molecule has 2 N–H and O–H groups in total. The summed E-state index contributed by atoms with van der Waals surface area (Å²) in [5.74, 6) is 1.18. The Labute approximate surface area is 175 Å². The molecule has 0 spiro atoms. The van der Waals surface area contributed by atoms with Crippen molar-refractivity contribution in [3.05, 3.63) is 59.2 Å². The molecule has 0 aliphatic carbocycles. The maximum Gasteiger partial charge on any atom is 0.221 e. The van der Waals surface area contributed by atoms with Crippen LogP contribution in [0.4, 0.5) is 0 Å². The zero-order valence-corrected chi connectivity index (χ0v) is 18.2. The lowest BCUT2D eigenvalue weighted by atomic mass is 9.83. The highest BCUT2D eigenvalue weighted by molar-refractivity contribution is 5.77. The molecule has 0 heterocycles. The molecule has 0 aliphatic rings. The number of ether oxygens (including phenoxy) is 2. The third-order valence-corrected chi connectivity index (χ3v) is 5.50. The van der Waals surface area contributed by atoms with Gasteiger partial charge in [0.25, 0.3) is 0 Å². The van der Waals surface area contributed by atoms with E-state index in [9.17, 15) is 4.79 Å². The highest BCUT2D eigenvalue weighted by Crippen LogP contribution is 2.36. The van der Waals surface area contributed by atoms with E-state index in [1.807, 2.05) is 39.0 Å². The standard InChI is InChI=1S/C25H35NO3/c1-5-28-23-16-21(17-24(19(23)4)29-6-2)18(3)22(25(26)27)15-11-10-14-20-12-8-7-9-13-20/h7-9,12-13,16-18,22H,5-6,10-11,14-15H2,1-4H3,(H2,26,27). The summed E-state index contributed by atoms with van der Waals surface area (Å²) in [4.78, 5) is 12.2. The Morgan fingerprint density at radius 3 is 2.10 bits per heavy atom. The molecular formula is C25H35NO3. The van der Waals surface area contributed by atoms with Gasteiger partial charge in [-0.2, -0.15) is 0 Å². The minimum absolute atomic E-state index is 0.00300. The Hall–Kier alpha value is -2.49. The van der Waals surface area contributed by atoms with Gasteiger partial charge >= 0.3 is 0 Å². The van der Waals surface area contributed by atoms with Crippen molar-refractivity contribution in [2.45, 2.75) is 59.3 Å². The van der Waals surface area contributed by atoms with Crippen LogP contribution in [0.3, 0.4) is 0 Å². The first-order valence-electron chi connectivity index (χ1n) is 10.7. The van der Waals surface area contributed by atoms with Gasteiger partial charge in [-0.1, -0.05) is 43.7 Å². The van der Waals surface area contributed by atoms with E-state index in [0.29, 0.717) is 13.2 Å². The van der Waals surface area contributed by atoms with Crippen LogP contribution >= 0.6 is 0 Å². The lowest BCUT2D eigenvalue weighted by Gasteiger charge is -2.24. The highest BCUT2D eigenvalue weighted by Gasteiger charge is 2.25. The molecule has 2 rings (SSSR count). The molecule has 0 aliphatic heterocycles. The first-order valence-corrected chi connectivity index (χ1v) is 10.7. The second-order valence-electron chi connectivity index (χ2n) is 7.54.